The monoisotopic (exact) mass is 403 g/mol. The lowest BCUT2D eigenvalue weighted by Crippen LogP contribution is -2.35. The molecule has 1 N–H and O–H groups in total. The fourth-order valence-corrected chi connectivity index (χ4v) is 3.24. The molecule has 1 aliphatic heterocycles. The van der Waals surface area contributed by atoms with E-state index >= 15 is 0 Å². The van der Waals surface area contributed by atoms with Gasteiger partial charge in [0.15, 0.2) is 6.10 Å². The number of fused-ring (bicyclic) bond motifs is 1. The zero-order chi connectivity index (χ0) is 21.7. The summed E-state index contributed by atoms with van der Waals surface area (Å²) in [5.41, 5.74) is 2.75. The third-order valence-electron chi connectivity index (χ3n) is 4.79. The van der Waals surface area contributed by atoms with E-state index in [1.54, 1.807) is 30.5 Å². The summed E-state index contributed by atoms with van der Waals surface area (Å²) in [5.74, 6) is -1.26. The molecule has 2 aromatic rings. The molecule has 0 bridgehead atoms. The van der Waals surface area contributed by atoms with Crippen molar-refractivity contribution in [3.05, 3.63) is 71.4 Å². The molecule has 2 amide bonds. The van der Waals surface area contributed by atoms with Crippen molar-refractivity contribution in [1.82, 2.24) is 4.90 Å². The molecule has 0 aliphatic carbocycles. The molecule has 0 saturated carbocycles. The summed E-state index contributed by atoms with van der Waals surface area (Å²) in [5, 5.41) is 11.5. The number of nitrogens with one attached hydrogen (secondary N) is 1. The molecule has 3 rings (SSSR count). The van der Waals surface area contributed by atoms with E-state index in [2.05, 4.69) is 5.32 Å². The van der Waals surface area contributed by atoms with Crippen LogP contribution in [0.1, 0.15) is 43.0 Å². The highest BCUT2D eigenvalue weighted by atomic mass is 16.5. The predicted molar refractivity (Wildman–Crippen MR) is 111 cm³/mol. The molecule has 0 aromatic heterocycles. The fraction of sp³-hybridized carbons (Fsp3) is 0.217. The standard InChI is InChI=1S/C23H21N3O4/c1-15(23(29)25-19-9-7-17(14-24)8-10-19)30-22(28)13-21-20-6-4-3-5-18(20)11-12-26(21)16(2)27/h3-12,15,21H,13H2,1-2H3,(H,25,29)/t15-,21+/m0/s1. The summed E-state index contributed by atoms with van der Waals surface area (Å²) in [4.78, 5) is 38.4. The Balaban J connectivity index is 1.64. The van der Waals surface area contributed by atoms with E-state index in [0.717, 1.165) is 11.1 Å². The third kappa shape index (κ3) is 4.73. The lowest BCUT2D eigenvalue weighted by atomic mass is 9.94. The second kappa shape index (κ2) is 9.05. The van der Waals surface area contributed by atoms with Gasteiger partial charge in [0.25, 0.3) is 5.91 Å². The first kappa shape index (κ1) is 20.8. The van der Waals surface area contributed by atoms with Gasteiger partial charge in [-0.3, -0.25) is 14.4 Å². The van der Waals surface area contributed by atoms with E-state index in [-0.39, 0.29) is 12.3 Å². The minimum atomic E-state index is -1.02. The van der Waals surface area contributed by atoms with Crippen LogP contribution in [0.15, 0.2) is 54.7 Å². The van der Waals surface area contributed by atoms with Gasteiger partial charge in [0.2, 0.25) is 5.91 Å². The van der Waals surface area contributed by atoms with Gasteiger partial charge in [-0.05, 0) is 48.4 Å². The molecule has 0 spiro atoms. The molecular formula is C23H21N3O4. The highest BCUT2D eigenvalue weighted by Gasteiger charge is 2.30. The van der Waals surface area contributed by atoms with Crippen LogP contribution in [0.5, 0.6) is 0 Å². The zero-order valence-electron chi connectivity index (χ0n) is 16.7. The largest absolute Gasteiger partial charge is 0.452 e. The number of benzene rings is 2. The predicted octanol–water partition coefficient (Wildman–Crippen LogP) is 3.39. The molecule has 7 heteroatoms. The summed E-state index contributed by atoms with van der Waals surface area (Å²) in [6, 6.07) is 15.4. The van der Waals surface area contributed by atoms with Crippen molar-refractivity contribution >= 4 is 29.5 Å². The first-order chi connectivity index (χ1) is 14.4. The van der Waals surface area contributed by atoms with E-state index in [9.17, 15) is 14.4 Å². The van der Waals surface area contributed by atoms with E-state index in [0.29, 0.717) is 11.3 Å². The maximum absolute atomic E-state index is 12.5. The molecular weight excluding hydrogens is 382 g/mol. The quantitative estimate of drug-likeness (QED) is 0.772. The number of nitrogens with zero attached hydrogens (tertiary/aromatic N) is 2. The Hall–Kier alpha value is -3.92. The lowest BCUT2D eigenvalue weighted by Gasteiger charge is -2.32. The van der Waals surface area contributed by atoms with Crippen molar-refractivity contribution in [2.24, 2.45) is 0 Å². The number of nitriles is 1. The third-order valence-corrected chi connectivity index (χ3v) is 4.79. The lowest BCUT2D eigenvalue weighted by molar-refractivity contribution is -0.154. The molecule has 2 aromatic carbocycles. The fourth-order valence-electron chi connectivity index (χ4n) is 3.24. The van der Waals surface area contributed by atoms with E-state index in [4.69, 9.17) is 10.00 Å². The van der Waals surface area contributed by atoms with Gasteiger partial charge in [0.05, 0.1) is 24.1 Å². The molecule has 1 heterocycles. The van der Waals surface area contributed by atoms with Crippen molar-refractivity contribution < 1.29 is 19.1 Å². The van der Waals surface area contributed by atoms with Crippen LogP contribution in [0, 0.1) is 11.3 Å². The first-order valence-electron chi connectivity index (χ1n) is 9.45. The van der Waals surface area contributed by atoms with Gasteiger partial charge in [0.1, 0.15) is 0 Å². The van der Waals surface area contributed by atoms with Gasteiger partial charge in [-0.2, -0.15) is 5.26 Å². The maximum Gasteiger partial charge on any atom is 0.309 e. The number of anilines is 1. The number of rotatable bonds is 5. The molecule has 0 saturated heterocycles. The normalized spacial score (nSPS) is 15.5. The molecule has 0 fully saturated rings. The minimum Gasteiger partial charge on any atom is -0.452 e. The Bertz CT molecular complexity index is 1040. The number of carbonyl (C=O) groups is 3. The van der Waals surface area contributed by atoms with Crippen molar-refractivity contribution in [3.8, 4) is 6.07 Å². The summed E-state index contributed by atoms with van der Waals surface area (Å²) < 4.78 is 5.31. The summed E-state index contributed by atoms with van der Waals surface area (Å²) in [6.07, 6.45) is 2.39. The second-order valence-electron chi connectivity index (χ2n) is 6.90. The number of carbonyl (C=O) groups excluding carboxylic acids is 3. The highest BCUT2D eigenvalue weighted by Crippen LogP contribution is 2.33. The number of ether oxygens (including phenoxy) is 1. The Labute approximate surface area is 174 Å². The SMILES string of the molecule is CC(=O)N1C=Cc2ccccc2[C@H]1CC(=O)O[C@@H](C)C(=O)Nc1ccc(C#N)cc1. The summed E-state index contributed by atoms with van der Waals surface area (Å²) in [7, 11) is 0. The smallest absolute Gasteiger partial charge is 0.309 e. The number of esters is 1. The van der Waals surface area contributed by atoms with Crippen molar-refractivity contribution in [1.29, 1.82) is 5.26 Å². The van der Waals surface area contributed by atoms with Crippen LogP contribution in [-0.2, 0) is 19.1 Å². The zero-order valence-corrected chi connectivity index (χ0v) is 16.7. The van der Waals surface area contributed by atoms with Crippen LogP contribution in [0.25, 0.3) is 6.08 Å². The molecule has 1 aliphatic rings. The second-order valence-corrected chi connectivity index (χ2v) is 6.90. The molecule has 0 unspecified atom stereocenters. The van der Waals surface area contributed by atoms with E-state index < -0.39 is 24.0 Å². The Kier molecular flexibility index (Phi) is 6.28. The van der Waals surface area contributed by atoms with Gasteiger partial charge in [-0.15, -0.1) is 0 Å². The van der Waals surface area contributed by atoms with Gasteiger partial charge < -0.3 is 15.0 Å². The minimum absolute atomic E-state index is 0.0740. The van der Waals surface area contributed by atoms with Gasteiger partial charge in [0, 0.05) is 18.8 Å². The number of hydrogen-bond donors (Lipinski definition) is 1. The van der Waals surface area contributed by atoms with Crippen molar-refractivity contribution in [2.75, 3.05) is 5.32 Å². The molecule has 2 atom stereocenters. The van der Waals surface area contributed by atoms with E-state index in [1.165, 1.54) is 18.7 Å². The van der Waals surface area contributed by atoms with Crippen LogP contribution in [0.4, 0.5) is 5.69 Å². The maximum atomic E-state index is 12.5. The van der Waals surface area contributed by atoms with Crippen LogP contribution in [0.2, 0.25) is 0 Å². The average molecular weight is 403 g/mol. The molecule has 7 nitrogen and oxygen atoms in total. The Morgan fingerprint density at radius 1 is 1.17 bits per heavy atom. The van der Waals surface area contributed by atoms with Gasteiger partial charge in [-0.1, -0.05) is 24.3 Å². The first-order valence-corrected chi connectivity index (χ1v) is 9.45. The van der Waals surface area contributed by atoms with Crippen molar-refractivity contribution in [3.63, 3.8) is 0 Å². The van der Waals surface area contributed by atoms with Crippen LogP contribution >= 0.6 is 0 Å². The molecule has 30 heavy (non-hydrogen) atoms. The Morgan fingerprint density at radius 3 is 2.53 bits per heavy atom. The van der Waals surface area contributed by atoms with Gasteiger partial charge >= 0.3 is 5.97 Å². The Morgan fingerprint density at radius 2 is 1.87 bits per heavy atom. The molecule has 152 valence electrons. The van der Waals surface area contributed by atoms with E-state index in [1.807, 2.05) is 36.4 Å². The van der Waals surface area contributed by atoms with Crippen molar-refractivity contribution in [2.45, 2.75) is 32.4 Å². The summed E-state index contributed by atoms with van der Waals surface area (Å²) >= 11 is 0. The van der Waals surface area contributed by atoms with Crippen LogP contribution in [-0.4, -0.2) is 28.8 Å². The average Bonchev–Trinajstić information content (AvgIpc) is 2.74. The highest BCUT2D eigenvalue weighted by molar-refractivity contribution is 5.95. The van der Waals surface area contributed by atoms with Crippen LogP contribution < -0.4 is 5.32 Å². The van der Waals surface area contributed by atoms with Gasteiger partial charge in [-0.25, -0.2) is 0 Å². The number of amides is 2. The number of hydrogen-bond acceptors (Lipinski definition) is 5. The van der Waals surface area contributed by atoms with Crippen LogP contribution in [0.3, 0.4) is 0 Å². The topological polar surface area (TPSA) is 99.5 Å². The molecule has 0 radical (unpaired) electrons. The summed E-state index contributed by atoms with van der Waals surface area (Å²) in [6.45, 7) is 2.92.